The lowest BCUT2D eigenvalue weighted by atomic mass is 9.43. The standard InChI is InChI=1S/C41H42O5/c1-27-17-20-40(21-18-27)34-15-13-32(45-38(43)29-9-5-3-6-10-29)24-31(34)26-41(22-19-28(2)23-37(40)41)35-16-14-33(25-36(35)42)46-39(44)30-11-7-4-8-12-30/h3-16,24-25,27-28,37,42H,17-23,26H2,1-2H3/t27?,28-,37+,40?,41+/m1/s1. The van der Waals surface area contributed by atoms with Crippen molar-refractivity contribution < 1.29 is 24.2 Å². The number of carbonyl (C=O) groups excluding carboxylic acids is 2. The first-order valence-corrected chi connectivity index (χ1v) is 16.8. The lowest BCUT2D eigenvalue weighted by Crippen LogP contribution is -2.57. The summed E-state index contributed by atoms with van der Waals surface area (Å²) in [5.74, 6) is 1.87. The summed E-state index contributed by atoms with van der Waals surface area (Å²) >= 11 is 0. The van der Waals surface area contributed by atoms with Crippen molar-refractivity contribution in [3.63, 3.8) is 0 Å². The third-order valence-corrected chi connectivity index (χ3v) is 11.3. The Morgan fingerprint density at radius 1 is 0.652 bits per heavy atom. The van der Waals surface area contributed by atoms with Crippen LogP contribution in [0, 0.1) is 17.8 Å². The van der Waals surface area contributed by atoms with Gasteiger partial charge in [0.25, 0.3) is 0 Å². The zero-order valence-corrected chi connectivity index (χ0v) is 26.7. The second-order valence-corrected chi connectivity index (χ2v) is 14.1. The van der Waals surface area contributed by atoms with Gasteiger partial charge in [-0.1, -0.05) is 62.4 Å². The van der Waals surface area contributed by atoms with Gasteiger partial charge in [-0.15, -0.1) is 0 Å². The third-order valence-electron chi connectivity index (χ3n) is 11.3. The molecular weight excluding hydrogens is 572 g/mol. The Balaban J connectivity index is 1.29. The molecule has 236 valence electrons. The van der Waals surface area contributed by atoms with Gasteiger partial charge >= 0.3 is 11.9 Å². The molecule has 0 radical (unpaired) electrons. The zero-order chi connectivity index (χ0) is 31.9. The third kappa shape index (κ3) is 5.40. The van der Waals surface area contributed by atoms with Crippen molar-refractivity contribution in [2.24, 2.45) is 17.8 Å². The Morgan fingerprint density at radius 3 is 1.76 bits per heavy atom. The van der Waals surface area contributed by atoms with Crippen LogP contribution >= 0.6 is 0 Å². The van der Waals surface area contributed by atoms with E-state index in [1.54, 1.807) is 42.5 Å². The maximum atomic E-state index is 13.0. The van der Waals surface area contributed by atoms with E-state index < -0.39 is 5.97 Å². The summed E-state index contributed by atoms with van der Waals surface area (Å²) in [6.45, 7) is 4.73. The van der Waals surface area contributed by atoms with Crippen molar-refractivity contribution in [1.29, 1.82) is 0 Å². The van der Waals surface area contributed by atoms with Crippen molar-refractivity contribution in [2.45, 2.75) is 76.0 Å². The summed E-state index contributed by atoms with van der Waals surface area (Å²) in [4.78, 5) is 25.8. The van der Waals surface area contributed by atoms with Gasteiger partial charge in [-0.05, 0) is 128 Å². The van der Waals surface area contributed by atoms with Crippen LogP contribution in [0.2, 0.25) is 0 Å². The number of carbonyl (C=O) groups is 2. The van der Waals surface area contributed by atoms with Crippen LogP contribution in [0.5, 0.6) is 17.2 Å². The molecule has 0 heterocycles. The average Bonchev–Trinajstić information content (AvgIpc) is 3.07. The number of rotatable bonds is 5. The largest absolute Gasteiger partial charge is 0.508 e. The smallest absolute Gasteiger partial charge is 0.343 e. The van der Waals surface area contributed by atoms with Crippen LogP contribution in [0.15, 0.2) is 97.1 Å². The maximum Gasteiger partial charge on any atom is 0.343 e. The first kappa shape index (κ1) is 30.3. The van der Waals surface area contributed by atoms with Gasteiger partial charge in [0.05, 0.1) is 11.1 Å². The van der Waals surface area contributed by atoms with E-state index in [0.29, 0.717) is 40.4 Å². The average molecular weight is 615 g/mol. The summed E-state index contributed by atoms with van der Waals surface area (Å²) in [7, 11) is 0. The number of benzene rings is 4. The number of fused-ring (bicyclic) bond motifs is 4. The molecule has 7 rings (SSSR count). The van der Waals surface area contributed by atoms with Gasteiger partial charge in [0, 0.05) is 17.0 Å². The molecule has 0 amide bonds. The van der Waals surface area contributed by atoms with E-state index in [1.165, 1.54) is 24.0 Å². The lowest BCUT2D eigenvalue weighted by molar-refractivity contribution is 0.0203. The highest BCUT2D eigenvalue weighted by Crippen LogP contribution is 2.64. The summed E-state index contributed by atoms with van der Waals surface area (Å²) in [5, 5.41) is 11.7. The molecule has 0 bridgehead atoms. The molecule has 3 aliphatic rings. The molecule has 3 atom stereocenters. The number of phenolic OH excluding ortho intramolecular Hbond substituents is 1. The molecular formula is C41H42O5. The molecule has 1 spiro atoms. The summed E-state index contributed by atoms with van der Waals surface area (Å²) in [5.41, 5.74) is 4.19. The summed E-state index contributed by atoms with van der Waals surface area (Å²) in [6, 6.07) is 29.7. The van der Waals surface area contributed by atoms with Crippen molar-refractivity contribution in [1.82, 2.24) is 0 Å². The Morgan fingerprint density at radius 2 is 1.17 bits per heavy atom. The number of ether oxygens (including phenoxy) is 2. The van der Waals surface area contributed by atoms with Gasteiger partial charge < -0.3 is 14.6 Å². The molecule has 2 saturated carbocycles. The lowest BCUT2D eigenvalue weighted by Gasteiger charge is -2.61. The molecule has 0 aromatic heterocycles. The Kier molecular flexibility index (Phi) is 7.96. The second-order valence-electron chi connectivity index (χ2n) is 14.1. The van der Waals surface area contributed by atoms with Gasteiger partial charge in [-0.3, -0.25) is 0 Å². The minimum Gasteiger partial charge on any atom is -0.508 e. The fourth-order valence-electron chi connectivity index (χ4n) is 8.97. The topological polar surface area (TPSA) is 72.8 Å². The normalized spacial score (nSPS) is 26.9. The Bertz CT molecular complexity index is 1740. The molecule has 2 fully saturated rings. The van der Waals surface area contributed by atoms with Gasteiger partial charge in [-0.25, -0.2) is 9.59 Å². The molecule has 5 nitrogen and oxygen atoms in total. The van der Waals surface area contributed by atoms with Crippen LogP contribution in [0.1, 0.15) is 96.2 Å². The number of hydrogen-bond acceptors (Lipinski definition) is 5. The molecule has 0 unspecified atom stereocenters. The fourth-order valence-corrected chi connectivity index (χ4v) is 8.97. The number of esters is 2. The van der Waals surface area contributed by atoms with Crippen molar-refractivity contribution in [3.05, 3.63) is 125 Å². The van der Waals surface area contributed by atoms with Crippen molar-refractivity contribution in [2.75, 3.05) is 0 Å². The van der Waals surface area contributed by atoms with E-state index in [9.17, 15) is 14.7 Å². The van der Waals surface area contributed by atoms with E-state index in [-0.39, 0.29) is 22.5 Å². The van der Waals surface area contributed by atoms with Crippen LogP contribution in [0.4, 0.5) is 0 Å². The van der Waals surface area contributed by atoms with Crippen LogP contribution in [-0.4, -0.2) is 17.0 Å². The first-order chi connectivity index (χ1) is 22.3. The monoisotopic (exact) mass is 614 g/mol. The van der Waals surface area contributed by atoms with Gasteiger partial charge in [0.1, 0.15) is 17.2 Å². The van der Waals surface area contributed by atoms with Crippen LogP contribution in [-0.2, 0) is 17.3 Å². The van der Waals surface area contributed by atoms with E-state index in [2.05, 4.69) is 26.0 Å². The molecule has 4 aromatic rings. The molecule has 0 saturated heterocycles. The second kappa shape index (κ2) is 12.1. The van der Waals surface area contributed by atoms with Crippen LogP contribution < -0.4 is 9.47 Å². The Hall–Kier alpha value is -4.38. The SMILES string of the molecule is CC1CCC2(CC1)c1ccc(OC(=O)c3ccccc3)cc1C[C@]1(c3ccc(OC(=O)c4ccccc4)cc3O)CC[C@@H](C)C[C@@H]21. The summed E-state index contributed by atoms with van der Waals surface area (Å²) < 4.78 is 11.6. The first-order valence-electron chi connectivity index (χ1n) is 16.8. The Labute approximate surface area is 271 Å². The number of phenols is 1. The predicted octanol–water partition coefficient (Wildman–Crippen LogP) is 9.21. The number of hydrogen-bond donors (Lipinski definition) is 1. The van der Waals surface area contributed by atoms with E-state index >= 15 is 0 Å². The van der Waals surface area contributed by atoms with Crippen LogP contribution in [0.25, 0.3) is 0 Å². The van der Waals surface area contributed by atoms with E-state index in [4.69, 9.17) is 9.47 Å². The molecule has 4 aromatic carbocycles. The number of aromatic hydroxyl groups is 1. The molecule has 0 aliphatic heterocycles. The van der Waals surface area contributed by atoms with E-state index in [0.717, 1.165) is 44.1 Å². The quantitative estimate of drug-likeness (QED) is 0.179. The fraction of sp³-hybridized carbons (Fsp3) is 0.366. The minimum atomic E-state index is -0.449. The molecule has 3 aliphatic carbocycles. The molecule has 5 heteroatoms. The maximum absolute atomic E-state index is 13.0. The van der Waals surface area contributed by atoms with Gasteiger partial charge in [0.15, 0.2) is 0 Å². The van der Waals surface area contributed by atoms with Crippen LogP contribution in [0.3, 0.4) is 0 Å². The molecule has 46 heavy (non-hydrogen) atoms. The highest BCUT2D eigenvalue weighted by Gasteiger charge is 2.59. The predicted molar refractivity (Wildman–Crippen MR) is 179 cm³/mol. The highest BCUT2D eigenvalue weighted by molar-refractivity contribution is 5.91. The minimum absolute atomic E-state index is 0.0262. The van der Waals surface area contributed by atoms with Crippen molar-refractivity contribution >= 4 is 11.9 Å². The summed E-state index contributed by atoms with van der Waals surface area (Å²) in [6.07, 6.45) is 8.45. The molecule has 1 N–H and O–H groups in total. The van der Waals surface area contributed by atoms with Gasteiger partial charge in [0.2, 0.25) is 0 Å². The zero-order valence-electron chi connectivity index (χ0n) is 26.7. The van der Waals surface area contributed by atoms with E-state index in [1.807, 2.05) is 42.5 Å². The highest BCUT2D eigenvalue weighted by atomic mass is 16.5. The van der Waals surface area contributed by atoms with Gasteiger partial charge in [-0.2, -0.15) is 0 Å². The van der Waals surface area contributed by atoms with Crippen molar-refractivity contribution in [3.8, 4) is 17.2 Å².